The van der Waals surface area contributed by atoms with E-state index in [0.717, 1.165) is 24.3 Å². The van der Waals surface area contributed by atoms with Crippen LogP contribution >= 0.6 is 11.6 Å². The molecule has 0 aromatic carbocycles. The van der Waals surface area contributed by atoms with Crippen LogP contribution in [-0.2, 0) is 0 Å². The van der Waals surface area contributed by atoms with Crippen LogP contribution in [0.25, 0.3) is 5.78 Å². The highest BCUT2D eigenvalue weighted by molar-refractivity contribution is 6.30. The molecule has 0 unspecified atom stereocenters. The maximum absolute atomic E-state index is 6.12. The standard InChI is InChI=1S/C13H17ClN4O/c1-8-3-5-10(6-4-8)19-12-9(2)11(14)17-13-15-7-16-18(12)13/h7-8,10H,3-6H2,1-2H3. The molecule has 0 bridgehead atoms. The molecule has 5 nitrogen and oxygen atoms in total. The lowest BCUT2D eigenvalue weighted by Crippen LogP contribution is -2.24. The molecule has 102 valence electrons. The van der Waals surface area contributed by atoms with Crippen LogP contribution in [-0.4, -0.2) is 25.7 Å². The first-order valence-corrected chi connectivity index (χ1v) is 7.05. The Kier molecular flexibility index (Phi) is 3.31. The Labute approximate surface area is 117 Å². The fourth-order valence-electron chi connectivity index (χ4n) is 2.52. The lowest BCUT2D eigenvalue weighted by molar-refractivity contribution is 0.126. The van der Waals surface area contributed by atoms with E-state index in [9.17, 15) is 0 Å². The van der Waals surface area contributed by atoms with Crippen molar-refractivity contribution in [3.63, 3.8) is 0 Å². The van der Waals surface area contributed by atoms with Crippen molar-refractivity contribution < 1.29 is 4.74 Å². The minimum Gasteiger partial charge on any atom is -0.474 e. The molecule has 1 fully saturated rings. The molecule has 2 heterocycles. The molecule has 1 aliphatic rings. The Morgan fingerprint density at radius 1 is 1.32 bits per heavy atom. The second-order valence-electron chi connectivity index (χ2n) is 5.30. The van der Waals surface area contributed by atoms with Crippen LogP contribution in [0, 0.1) is 12.8 Å². The molecular weight excluding hydrogens is 264 g/mol. The van der Waals surface area contributed by atoms with Crippen molar-refractivity contribution in [3.8, 4) is 5.88 Å². The Bertz CT molecular complexity index is 590. The van der Waals surface area contributed by atoms with Crippen LogP contribution < -0.4 is 4.74 Å². The van der Waals surface area contributed by atoms with E-state index >= 15 is 0 Å². The second-order valence-corrected chi connectivity index (χ2v) is 5.66. The van der Waals surface area contributed by atoms with Crippen LogP contribution in [0.4, 0.5) is 0 Å². The number of rotatable bonds is 2. The molecule has 2 aromatic heterocycles. The fourth-order valence-corrected chi connectivity index (χ4v) is 2.67. The van der Waals surface area contributed by atoms with Gasteiger partial charge in [-0.05, 0) is 38.5 Å². The maximum Gasteiger partial charge on any atom is 0.256 e. The minimum absolute atomic E-state index is 0.237. The number of aromatic nitrogens is 4. The third-order valence-corrected chi connectivity index (χ3v) is 4.16. The van der Waals surface area contributed by atoms with Crippen molar-refractivity contribution in [2.24, 2.45) is 5.92 Å². The van der Waals surface area contributed by atoms with Gasteiger partial charge < -0.3 is 4.74 Å². The van der Waals surface area contributed by atoms with Gasteiger partial charge in [-0.15, -0.1) is 0 Å². The summed E-state index contributed by atoms with van der Waals surface area (Å²) < 4.78 is 7.75. The summed E-state index contributed by atoms with van der Waals surface area (Å²) in [6.07, 6.45) is 6.29. The van der Waals surface area contributed by atoms with Gasteiger partial charge in [0.2, 0.25) is 5.88 Å². The second kappa shape index (κ2) is 4.96. The van der Waals surface area contributed by atoms with Crippen molar-refractivity contribution in [3.05, 3.63) is 17.0 Å². The van der Waals surface area contributed by atoms with Gasteiger partial charge in [0.25, 0.3) is 5.78 Å². The molecule has 0 atom stereocenters. The molecule has 0 radical (unpaired) electrons. The highest BCUT2D eigenvalue weighted by Crippen LogP contribution is 2.30. The summed E-state index contributed by atoms with van der Waals surface area (Å²) in [5.41, 5.74) is 0.818. The Hall–Kier alpha value is -1.36. The topological polar surface area (TPSA) is 52.3 Å². The number of ether oxygens (including phenoxy) is 1. The monoisotopic (exact) mass is 280 g/mol. The third kappa shape index (κ3) is 2.39. The molecule has 1 aliphatic carbocycles. The van der Waals surface area contributed by atoms with Crippen LogP contribution in [0.3, 0.4) is 0 Å². The molecule has 1 saturated carbocycles. The summed E-state index contributed by atoms with van der Waals surface area (Å²) in [6, 6.07) is 0. The number of fused-ring (bicyclic) bond motifs is 1. The summed E-state index contributed by atoms with van der Waals surface area (Å²) in [4.78, 5) is 8.24. The van der Waals surface area contributed by atoms with Crippen LogP contribution in [0.5, 0.6) is 5.88 Å². The predicted molar refractivity (Wildman–Crippen MR) is 72.6 cm³/mol. The van der Waals surface area contributed by atoms with Crippen molar-refractivity contribution in [1.29, 1.82) is 0 Å². The predicted octanol–water partition coefficient (Wildman–Crippen LogP) is 3.04. The number of halogens is 1. The van der Waals surface area contributed by atoms with Crippen molar-refractivity contribution in [1.82, 2.24) is 19.6 Å². The maximum atomic E-state index is 6.12. The Morgan fingerprint density at radius 2 is 2.05 bits per heavy atom. The SMILES string of the molecule is Cc1c(Cl)nc2ncnn2c1OC1CCC(C)CC1. The smallest absolute Gasteiger partial charge is 0.256 e. The van der Waals surface area contributed by atoms with Gasteiger partial charge in [0, 0.05) is 5.56 Å². The summed E-state index contributed by atoms with van der Waals surface area (Å²) >= 11 is 6.12. The highest BCUT2D eigenvalue weighted by Gasteiger charge is 2.22. The van der Waals surface area contributed by atoms with E-state index in [1.807, 2.05) is 6.92 Å². The Morgan fingerprint density at radius 3 is 2.79 bits per heavy atom. The molecule has 0 aliphatic heterocycles. The van der Waals surface area contributed by atoms with E-state index in [-0.39, 0.29) is 6.10 Å². The zero-order valence-electron chi connectivity index (χ0n) is 11.1. The molecule has 0 amide bonds. The normalized spacial score (nSPS) is 23.7. The van der Waals surface area contributed by atoms with Crippen molar-refractivity contribution >= 4 is 17.4 Å². The van der Waals surface area contributed by atoms with Crippen molar-refractivity contribution in [2.45, 2.75) is 45.6 Å². The number of hydrogen-bond acceptors (Lipinski definition) is 4. The lowest BCUT2D eigenvalue weighted by atomic mass is 9.89. The average Bonchev–Trinajstić information content (AvgIpc) is 2.85. The number of nitrogens with zero attached hydrogens (tertiary/aromatic N) is 4. The fraction of sp³-hybridized carbons (Fsp3) is 0.615. The highest BCUT2D eigenvalue weighted by atomic mass is 35.5. The van der Waals surface area contributed by atoms with E-state index in [1.54, 1.807) is 4.52 Å². The number of hydrogen-bond donors (Lipinski definition) is 0. The molecular formula is C13H17ClN4O. The van der Waals surface area contributed by atoms with E-state index in [2.05, 4.69) is 22.0 Å². The van der Waals surface area contributed by atoms with E-state index < -0.39 is 0 Å². The van der Waals surface area contributed by atoms with E-state index in [4.69, 9.17) is 16.3 Å². The van der Waals surface area contributed by atoms with Gasteiger partial charge in [-0.3, -0.25) is 0 Å². The summed E-state index contributed by atoms with van der Waals surface area (Å²) in [5.74, 6) is 1.95. The summed E-state index contributed by atoms with van der Waals surface area (Å²) in [6.45, 7) is 4.19. The first-order chi connectivity index (χ1) is 9.15. The van der Waals surface area contributed by atoms with Crippen LogP contribution in [0.2, 0.25) is 5.15 Å². The Balaban J connectivity index is 1.91. The minimum atomic E-state index is 0.237. The third-order valence-electron chi connectivity index (χ3n) is 3.79. The first kappa shape index (κ1) is 12.7. The quantitative estimate of drug-likeness (QED) is 0.794. The van der Waals surface area contributed by atoms with Crippen LogP contribution in [0.1, 0.15) is 38.2 Å². The van der Waals surface area contributed by atoms with E-state index in [0.29, 0.717) is 16.8 Å². The zero-order valence-corrected chi connectivity index (χ0v) is 11.9. The summed E-state index contributed by atoms with van der Waals surface area (Å²) in [5, 5.41) is 4.59. The molecule has 0 spiro atoms. The van der Waals surface area contributed by atoms with Gasteiger partial charge >= 0.3 is 0 Å². The van der Waals surface area contributed by atoms with Gasteiger partial charge in [0.15, 0.2) is 0 Å². The molecule has 6 heteroatoms. The first-order valence-electron chi connectivity index (χ1n) is 6.67. The van der Waals surface area contributed by atoms with Gasteiger partial charge in [0.05, 0.1) is 0 Å². The zero-order chi connectivity index (χ0) is 13.4. The molecule has 2 aromatic rings. The average molecular weight is 281 g/mol. The van der Waals surface area contributed by atoms with Crippen LogP contribution in [0.15, 0.2) is 6.33 Å². The molecule has 3 rings (SSSR count). The van der Waals surface area contributed by atoms with Crippen molar-refractivity contribution in [2.75, 3.05) is 0 Å². The molecule has 0 saturated heterocycles. The van der Waals surface area contributed by atoms with E-state index in [1.165, 1.54) is 19.2 Å². The van der Waals surface area contributed by atoms with Gasteiger partial charge in [-0.25, -0.2) is 0 Å². The molecule has 19 heavy (non-hydrogen) atoms. The van der Waals surface area contributed by atoms with Gasteiger partial charge in [-0.2, -0.15) is 19.6 Å². The lowest BCUT2D eigenvalue weighted by Gasteiger charge is -2.27. The van der Waals surface area contributed by atoms with Gasteiger partial charge in [-0.1, -0.05) is 18.5 Å². The van der Waals surface area contributed by atoms with Gasteiger partial charge in [0.1, 0.15) is 17.6 Å². The molecule has 0 N–H and O–H groups in total. The summed E-state index contributed by atoms with van der Waals surface area (Å²) in [7, 11) is 0. The largest absolute Gasteiger partial charge is 0.474 e.